The van der Waals surface area contributed by atoms with E-state index in [0.717, 1.165) is 0 Å². The summed E-state index contributed by atoms with van der Waals surface area (Å²) in [7, 11) is 0. The van der Waals surface area contributed by atoms with Crippen molar-refractivity contribution in [3.8, 4) is 0 Å². The van der Waals surface area contributed by atoms with Gasteiger partial charge in [-0.2, -0.15) is 4.51 Å². The molecule has 0 saturated carbocycles. The molecule has 1 heterocycles. The summed E-state index contributed by atoms with van der Waals surface area (Å²) in [5.41, 5.74) is 5.29. The molecule has 0 aliphatic rings. The van der Waals surface area contributed by atoms with Crippen LogP contribution in [0.4, 0.5) is 0 Å². The molecule has 0 aliphatic heterocycles. The number of nitrogens with two attached hydrogens (primary N) is 1. The first-order chi connectivity index (χ1) is 4.84. The van der Waals surface area contributed by atoms with Gasteiger partial charge in [-0.3, -0.25) is 0 Å². The fraction of sp³-hybridized carbons (Fsp3) is 0. The van der Waals surface area contributed by atoms with Gasteiger partial charge < -0.3 is 5.73 Å². The number of rotatable bonds is 1. The lowest BCUT2D eigenvalue weighted by atomic mass is 10.5. The van der Waals surface area contributed by atoms with Gasteiger partial charge in [0.05, 0.1) is 0 Å². The smallest absolute Gasteiger partial charge is 0.196 e. The minimum absolute atomic E-state index is 0.127. The van der Waals surface area contributed by atoms with Crippen LogP contribution in [0.25, 0.3) is 0 Å². The Morgan fingerprint density at radius 2 is 2.10 bits per heavy atom. The fourth-order valence-electron chi connectivity index (χ4n) is 0.469. The summed E-state index contributed by atoms with van der Waals surface area (Å²) < 4.78 is 3.20. The normalized spacial score (nSPS) is 11.5. The molecule has 4 nitrogen and oxygen atoms in total. The van der Waals surface area contributed by atoms with Gasteiger partial charge in [0.2, 0.25) is 0 Å². The van der Waals surface area contributed by atoms with E-state index < -0.39 is 0 Å². The molecular formula is C5H5ClN4. The Morgan fingerprint density at radius 1 is 1.50 bits per heavy atom. The number of nitrogens with zero attached hydrogens (tertiary/aromatic N) is 3. The van der Waals surface area contributed by atoms with Gasteiger partial charge in [0.25, 0.3) is 0 Å². The molecular weight excluding hydrogens is 152 g/mol. The summed E-state index contributed by atoms with van der Waals surface area (Å²) in [6, 6.07) is 1.69. The first kappa shape index (κ1) is 6.95. The molecule has 0 aliphatic carbocycles. The zero-order chi connectivity index (χ0) is 7.40. The van der Waals surface area contributed by atoms with Crippen LogP contribution in [0.15, 0.2) is 23.0 Å². The Morgan fingerprint density at radius 3 is 2.60 bits per heavy atom. The second-order valence-electron chi connectivity index (χ2n) is 1.54. The molecule has 2 N–H and O–H groups in total. The van der Waals surface area contributed by atoms with Crippen molar-refractivity contribution < 1.29 is 0 Å². The maximum Gasteiger partial charge on any atom is 0.196 e. The molecule has 0 atom stereocenters. The number of hydrogen-bond acceptors (Lipinski definition) is 3. The lowest BCUT2D eigenvalue weighted by Crippen LogP contribution is -2.15. The van der Waals surface area contributed by atoms with E-state index in [4.69, 9.17) is 17.5 Å². The quantitative estimate of drug-likeness (QED) is 0.471. The molecule has 0 fully saturated rings. The van der Waals surface area contributed by atoms with E-state index in [1.54, 1.807) is 18.5 Å². The number of aromatic nitrogens is 2. The fourth-order valence-corrected chi connectivity index (χ4v) is 0.545. The first-order valence-electron chi connectivity index (χ1n) is 2.56. The number of halogens is 1. The van der Waals surface area contributed by atoms with E-state index in [1.807, 2.05) is 0 Å². The van der Waals surface area contributed by atoms with Gasteiger partial charge in [-0.05, 0) is 6.07 Å². The molecule has 0 amide bonds. The van der Waals surface area contributed by atoms with E-state index in [2.05, 4.69) is 14.5 Å². The topological polar surface area (TPSA) is 64.2 Å². The van der Waals surface area contributed by atoms with Crippen LogP contribution in [-0.2, 0) is 0 Å². The summed E-state index contributed by atoms with van der Waals surface area (Å²) >= 11 is 5.07. The average molecular weight is 157 g/mol. The van der Waals surface area contributed by atoms with Crippen molar-refractivity contribution in [2.45, 2.75) is 0 Å². The highest BCUT2D eigenvalue weighted by Gasteiger charge is 1.97. The van der Waals surface area contributed by atoms with Crippen molar-refractivity contribution in [3.63, 3.8) is 0 Å². The van der Waals surface area contributed by atoms with Crippen molar-refractivity contribution in [2.75, 3.05) is 0 Å². The van der Waals surface area contributed by atoms with E-state index in [0.29, 0.717) is 5.82 Å². The number of hydrogen-bond donors (Lipinski definition) is 1. The third-order valence-electron chi connectivity index (χ3n) is 0.886. The van der Waals surface area contributed by atoms with Gasteiger partial charge in [0, 0.05) is 24.2 Å². The molecule has 0 aromatic carbocycles. The summed E-state index contributed by atoms with van der Waals surface area (Å²) in [4.78, 5) is 7.60. The third kappa shape index (κ3) is 1.41. The standard InChI is InChI=1S/C5H5ClN4/c6-10-4(7)5-8-2-1-3-9-5/h1-3H,(H2,7,10). The van der Waals surface area contributed by atoms with Crippen LogP contribution in [0, 0.1) is 0 Å². The van der Waals surface area contributed by atoms with E-state index in [1.165, 1.54) is 0 Å². The zero-order valence-corrected chi connectivity index (χ0v) is 5.78. The lowest BCUT2D eigenvalue weighted by molar-refractivity contribution is 1.12. The van der Waals surface area contributed by atoms with Gasteiger partial charge in [0.15, 0.2) is 11.7 Å². The molecule has 10 heavy (non-hydrogen) atoms. The molecule has 1 rings (SSSR count). The van der Waals surface area contributed by atoms with Gasteiger partial charge in [0.1, 0.15) is 0 Å². The SMILES string of the molecule is N/C(=N\Cl)c1ncccn1. The molecule has 0 bridgehead atoms. The largest absolute Gasteiger partial charge is 0.380 e. The first-order valence-corrected chi connectivity index (χ1v) is 2.90. The van der Waals surface area contributed by atoms with Crippen LogP contribution >= 0.6 is 11.8 Å². The van der Waals surface area contributed by atoms with Gasteiger partial charge in [-0.1, -0.05) is 0 Å². The minimum Gasteiger partial charge on any atom is -0.380 e. The average Bonchev–Trinajstić information content (AvgIpc) is 2.05. The third-order valence-corrected chi connectivity index (χ3v) is 1.07. The Kier molecular flexibility index (Phi) is 2.17. The van der Waals surface area contributed by atoms with Crippen molar-refractivity contribution >= 4 is 17.6 Å². The highest BCUT2D eigenvalue weighted by Crippen LogP contribution is 1.87. The van der Waals surface area contributed by atoms with Crippen LogP contribution in [0.5, 0.6) is 0 Å². The van der Waals surface area contributed by atoms with Crippen LogP contribution in [0.3, 0.4) is 0 Å². The molecule has 52 valence electrons. The number of amidine groups is 1. The maximum atomic E-state index is 5.29. The van der Waals surface area contributed by atoms with E-state index >= 15 is 0 Å². The molecule has 0 radical (unpaired) electrons. The Balaban J connectivity index is 2.96. The summed E-state index contributed by atoms with van der Waals surface area (Å²) in [5, 5.41) is 0. The Labute approximate surface area is 62.9 Å². The highest BCUT2D eigenvalue weighted by atomic mass is 35.5. The molecule has 1 aromatic heterocycles. The monoisotopic (exact) mass is 156 g/mol. The predicted molar refractivity (Wildman–Crippen MR) is 38.6 cm³/mol. The van der Waals surface area contributed by atoms with Crippen molar-refractivity contribution in [1.82, 2.24) is 9.97 Å². The minimum atomic E-state index is 0.127. The second kappa shape index (κ2) is 3.12. The maximum absolute atomic E-state index is 5.29. The summed E-state index contributed by atoms with van der Waals surface area (Å²) in [6.07, 6.45) is 3.13. The molecule has 0 unspecified atom stereocenters. The summed E-state index contributed by atoms with van der Waals surface area (Å²) in [5.74, 6) is 0.472. The van der Waals surface area contributed by atoms with Crippen LogP contribution in [0.2, 0.25) is 0 Å². The van der Waals surface area contributed by atoms with Gasteiger partial charge >= 0.3 is 0 Å². The van der Waals surface area contributed by atoms with Crippen molar-refractivity contribution in [2.24, 2.45) is 10.2 Å². The Hall–Kier alpha value is -1.16. The molecule has 5 heteroatoms. The summed E-state index contributed by atoms with van der Waals surface area (Å²) in [6.45, 7) is 0. The molecule has 0 saturated heterocycles. The van der Waals surface area contributed by atoms with Crippen LogP contribution < -0.4 is 5.73 Å². The molecule has 1 aromatic rings. The lowest BCUT2D eigenvalue weighted by Gasteiger charge is -1.92. The Bertz CT molecular complexity index is 233. The zero-order valence-electron chi connectivity index (χ0n) is 5.03. The molecule has 0 spiro atoms. The van der Waals surface area contributed by atoms with Crippen LogP contribution in [-0.4, -0.2) is 15.8 Å². The van der Waals surface area contributed by atoms with Gasteiger partial charge in [-0.25, -0.2) is 9.97 Å². The van der Waals surface area contributed by atoms with E-state index in [9.17, 15) is 0 Å². The van der Waals surface area contributed by atoms with E-state index in [-0.39, 0.29) is 5.84 Å². The van der Waals surface area contributed by atoms with Crippen LogP contribution in [0.1, 0.15) is 5.82 Å². The second-order valence-corrected chi connectivity index (χ2v) is 1.71. The highest BCUT2D eigenvalue weighted by molar-refractivity contribution is 6.21. The van der Waals surface area contributed by atoms with Crippen molar-refractivity contribution in [3.05, 3.63) is 24.3 Å². The predicted octanol–water partition coefficient (Wildman–Crippen LogP) is 0.336. The van der Waals surface area contributed by atoms with Crippen molar-refractivity contribution in [1.29, 1.82) is 0 Å². The van der Waals surface area contributed by atoms with Gasteiger partial charge in [-0.15, -0.1) is 0 Å².